The number of rotatable bonds is 0. The molecule has 0 unspecified atom stereocenters. The molecule has 3 aromatic carbocycles. The van der Waals surface area contributed by atoms with Gasteiger partial charge < -0.3 is 0 Å². The second-order valence-corrected chi connectivity index (χ2v) is 7.86. The van der Waals surface area contributed by atoms with E-state index in [0.717, 1.165) is 0 Å². The Morgan fingerprint density at radius 2 is 1.05 bits per heavy atom. The highest BCUT2D eigenvalue weighted by molar-refractivity contribution is 7.17. The lowest BCUT2D eigenvalue weighted by molar-refractivity contribution is 1.42. The number of hydrogen-bond donors (Lipinski definition) is 0. The Labute approximate surface area is 136 Å². The van der Waals surface area contributed by atoms with Crippen LogP contribution in [0.3, 0.4) is 0 Å². The quantitative estimate of drug-likeness (QED) is 0.269. The van der Waals surface area contributed by atoms with Crippen LogP contribution >= 0.6 is 22.7 Å². The SMILES string of the molecule is Cc1c(C)c2cc3ccsc3cc2c2cc3sccc3cc12. The van der Waals surface area contributed by atoms with Gasteiger partial charge in [0.25, 0.3) is 0 Å². The summed E-state index contributed by atoms with van der Waals surface area (Å²) < 4.78 is 2.76. The van der Waals surface area contributed by atoms with Crippen LogP contribution in [0.2, 0.25) is 0 Å². The van der Waals surface area contributed by atoms with E-state index in [0.29, 0.717) is 0 Å². The van der Waals surface area contributed by atoms with Crippen LogP contribution in [0.4, 0.5) is 0 Å². The minimum absolute atomic E-state index is 1.36. The molecule has 0 radical (unpaired) electrons. The van der Waals surface area contributed by atoms with E-state index < -0.39 is 0 Å². The molecule has 0 amide bonds. The van der Waals surface area contributed by atoms with Gasteiger partial charge in [0.2, 0.25) is 0 Å². The van der Waals surface area contributed by atoms with Gasteiger partial charge in [-0.3, -0.25) is 0 Å². The topological polar surface area (TPSA) is 0 Å². The van der Waals surface area contributed by atoms with Crippen LogP contribution in [0.5, 0.6) is 0 Å². The minimum atomic E-state index is 1.36. The van der Waals surface area contributed by atoms with Gasteiger partial charge in [0.05, 0.1) is 0 Å². The monoisotopic (exact) mass is 318 g/mol. The number of benzene rings is 3. The molecular formula is C20H14S2. The highest BCUT2D eigenvalue weighted by atomic mass is 32.1. The van der Waals surface area contributed by atoms with Gasteiger partial charge in [0.15, 0.2) is 0 Å². The molecule has 0 saturated carbocycles. The summed E-state index contributed by atoms with van der Waals surface area (Å²) in [5, 5.41) is 12.7. The summed E-state index contributed by atoms with van der Waals surface area (Å²) in [6.07, 6.45) is 0. The zero-order valence-corrected chi connectivity index (χ0v) is 14.1. The van der Waals surface area contributed by atoms with Crippen molar-refractivity contribution >= 4 is 64.4 Å². The third-order valence-electron chi connectivity index (χ3n) is 4.85. The Hall–Kier alpha value is -1.90. The lowest BCUT2D eigenvalue weighted by Crippen LogP contribution is -1.88. The Bertz CT molecular complexity index is 1090. The van der Waals surface area contributed by atoms with E-state index >= 15 is 0 Å². The first-order chi connectivity index (χ1) is 10.7. The molecule has 0 nitrogen and oxygen atoms in total. The average molecular weight is 318 g/mol. The Balaban J connectivity index is 2.12. The molecule has 0 N–H and O–H groups in total. The van der Waals surface area contributed by atoms with E-state index in [1.807, 2.05) is 22.7 Å². The lowest BCUT2D eigenvalue weighted by Gasteiger charge is -2.13. The number of thiophene rings is 2. The van der Waals surface area contributed by atoms with E-state index in [2.05, 4.69) is 61.0 Å². The molecule has 0 aliphatic carbocycles. The van der Waals surface area contributed by atoms with Crippen molar-refractivity contribution < 1.29 is 0 Å². The third-order valence-corrected chi connectivity index (χ3v) is 6.61. The summed E-state index contributed by atoms with van der Waals surface area (Å²) in [4.78, 5) is 0. The second-order valence-electron chi connectivity index (χ2n) is 5.96. The van der Waals surface area contributed by atoms with Crippen molar-refractivity contribution in [2.45, 2.75) is 13.8 Å². The Kier molecular flexibility index (Phi) is 2.47. The van der Waals surface area contributed by atoms with Crippen molar-refractivity contribution in [3.8, 4) is 0 Å². The van der Waals surface area contributed by atoms with E-state index in [1.165, 1.54) is 52.8 Å². The van der Waals surface area contributed by atoms with E-state index in [-0.39, 0.29) is 0 Å². The zero-order chi connectivity index (χ0) is 14.8. The van der Waals surface area contributed by atoms with Gasteiger partial charge >= 0.3 is 0 Å². The maximum Gasteiger partial charge on any atom is 0.0349 e. The minimum Gasteiger partial charge on any atom is -0.144 e. The van der Waals surface area contributed by atoms with Gasteiger partial charge in [0, 0.05) is 9.40 Å². The van der Waals surface area contributed by atoms with Gasteiger partial charge in [-0.15, -0.1) is 22.7 Å². The van der Waals surface area contributed by atoms with Crippen molar-refractivity contribution in [3.05, 3.63) is 58.3 Å². The summed E-state index contributed by atoms with van der Waals surface area (Å²) in [5.41, 5.74) is 2.82. The number of aryl methyl sites for hydroxylation is 2. The molecule has 5 rings (SSSR count). The third kappa shape index (κ3) is 1.57. The van der Waals surface area contributed by atoms with Crippen LogP contribution in [0.25, 0.3) is 41.7 Å². The first kappa shape index (κ1) is 12.6. The largest absolute Gasteiger partial charge is 0.144 e. The molecule has 0 aliphatic heterocycles. The maximum atomic E-state index is 2.38. The van der Waals surface area contributed by atoms with E-state index in [4.69, 9.17) is 0 Å². The smallest absolute Gasteiger partial charge is 0.0349 e. The summed E-state index contributed by atoms with van der Waals surface area (Å²) in [7, 11) is 0. The van der Waals surface area contributed by atoms with Crippen molar-refractivity contribution in [1.82, 2.24) is 0 Å². The van der Waals surface area contributed by atoms with E-state index in [1.54, 1.807) is 0 Å². The summed E-state index contributed by atoms with van der Waals surface area (Å²) in [6.45, 7) is 4.51. The van der Waals surface area contributed by atoms with Crippen molar-refractivity contribution in [1.29, 1.82) is 0 Å². The van der Waals surface area contributed by atoms with Gasteiger partial charge in [0.1, 0.15) is 0 Å². The predicted octanol–water partition coefficient (Wildman–Crippen LogP) is 7.04. The fraction of sp³-hybridized carbons (Fsp3) is 0.100. The number of hydrogen-bond acceptors (Lipinski definition) is 2. The first-order valence-corrected chi connectivity index (χ1v) is 9.19. The van der Waals surface area contributed by atoms with Crippen LogP contribution in [0.15, 0.2) is 47.2 Å². The first-order valence-electron chi connectivity index (χ1n) is 7.43. The summed E-state index contributed by atoms with van der Waals surface area (Å²) in [6, 6.07) is 13.9. The van der Waals surface area contributed by atoms with Crippen LogP contribution < -0.4 is 0 Å². The molecule has 22 heavy (non-hydrogen) atoms. The molecule has 2 aromatic heterocycles. The fourth-order valence-corrected chi connectivity index (χ4v) is 5.11. The van der Waals surface area contributed by atoms with Crippen LogP contribution in [-0.4, -0.2) is 0 Å². The highest BCUT2D eigenvalue weighted by Crippen LogP contribution is 2.38. The standard InChI is InChI=1S/C20H14S2/c1-11-12(2)16-8-14-4-6-22-20(14)10-18(16)17-9-19-13(3-5-21-19)7-15(11)17/h3-10H,1-2H3. The fourth-order valence-electron chi connectivity index (χ4n) is 3.49. The molecule has 0 bridgehead atoms. The van der Waals surface area contributed by atoms with Crippen molar-refractivity contribution in [2.24, 2.45) is 0 Å². The lowest BCUT2D eigenvalue weighted by atomic mass is 9.92. The molecule has 5 aromatic rings. The van der Waals surface area contributed by atoms with Gasteiger partial charge in [-0.05, 0) is 104 Å². The molecule has 2 heterocycles. The predicted molar refractivity (Wildman–Crippen MR) is 102 cm³/mol. The Morgan fingerprint density at radius 3 is 1.50 bits per heavy atom. The molecular weight excluding hydrogens is 304 g/mol. The van der Waals surface area contributed by atoms with Gasteiger partial charge in [-0.1, -0.05) is 0 Å². The zero-order valence-electron chi connectivity index (χ0n) is 12.4. The second kappa shape index (κ2) is 4.31. The molecule has 0 spiro atoms. The normalized spacial score (nSPS) is 12.1. The Morgan fingerprint density at radius 1 is 0.591 bits per heavy atom. The molecule has 0 fully saturated rings. The van der Waals surface area contributed by atoms with Crippen molar-refractivity contribution in [3.63, 3.8) is 0 Å². The number of fused-ring (bicyclic) bond motifs is 5. The molecule has 0 aliphatic rings. The molecule has 2 heteroatoms. The van der Waals surface area contributed by atoms with Gasteiger partial charge in [-0.25, -0.2) is 0 Å². The van der Waals surface area contributed by atoms with E-state index in [9.17, 15) is 0 Å². The average Bonchev–Trinajstić information content (AvgIpc) is 3.17. The molecule has 0 atom stereocenters. The summed E-state index contributed by atoms with van der Waals surface area (Å²) in [5.74, 6) is 0. The molecule has 106 valence electrons. The molecule has 0 saturated heterocycles. The summed E-state index contributed by atoms with van der Waals surface area (Å²) >= 11 is 3.66. The maximum absolute atomic E-state index is 2.38. The van der Waals surface area contributed by atoms with Crippen LogP contribution in [-0.2, 0) is 0 Å². The highest BCUT2D eigenvalue weighted by Gasteiger charge is 2.11. The van der Waals surface area contributed by atoms with Crippen molar-refractivity contribution in [2.75, 3.05) is 0 Å². The van der Waals surface area contributed by atoms with Crippen LogP contribution in [0.1, 0.15) is 11.1 Å². The van der Waals surface area contributed by atoms with Crippen LogP contribution in [0, 0.1) is 13.8 Å². The van der Waals surface area contributed by atoms with Gasteiger partial charge in [-0.2, -0.15) is 0 Å².